The van der Waals surface area contributed by atoms with Crippen molar-refractivity contribution in [1.29, 1.82) is 0 Å². The summed E-state index contributed by atoms with van der Waals surface area (Å²) in [6.07, 6.45) is 4.63. The molecule has 1 aliphatic heterocycles. The number of nitrogens with one attached hydrogen (secondary N) is 1. The summed E-state index contributed by atoms with van der Waals surface area (Å²) >= 11 is 0. The Morgan fingerprint density at radius 2 is 2.29 bits per heavy atom. The summed E-state index contributed by atoms with van der Waals surface area (Å²) in [5.74, 6) is 0.246. The summed E-state index contributed by atoms with van der Waals surface area (Å²) in [6.45, 7) is 3.96. The van der Waals surface area contributed by atoms with Crippen molar-refractivity contribution in [2.24, 2.45) is 0 Å². The van der Waals surface area contributed by atoms with Crippen LogP contribution >= 0.6 is 0 Å². The van der Waals surface area contributed by atoms with Gasteiger partial charge in [-0.3, -0.25) is 9.78 Å². The maximum absolute atomic E-state index is 12.0. The highest BCUT2D eigenvalue weighted by molar-refractivity contribution is 6.00. The van der Waals surface area contributed by atoms with Gasteiger partial charge in [-0.25, -0.2) is 0 Å². The number of hydrogen-bond acceptors (Lipinski definition) is 4. The van der Waals surface area contributed by atoms with Gasteiger partial charge in [-0.15, -0.1) is 0 Å². The lowest BCUT2D eigenvalue weighted by atomic mass is 9.95. The highest BCUT2D eigenvalue weighted by Gasteiger charge is 2.43. The quantitative estimate of drug-likeness (QED) is 0.835. The maximum Gasteiger partial charge on any atom is 0.256 e. The van der Waals surface area contributed by atoms with Gasteiger partial charge in [0.25, 0.3) is 5.91 Å². The average Bonchev–Trinajstić information content (AvgIpc) is 2.79. The number of carbonyl (C=O) groups excluding carboxylic acids is 1. The molecule has 0 fully saturated rings. The summed E-state index contributed by atoms with van der Waals surface area (Å²) in [5.41, 5.74) is -0.175. The van der Waals surface area contributed by atoms with Crippen LogP contribution in [0, 0.1) is 0 Å². The van der Waals surface area contributed by atoms with Crippen molar-refractivity contribution in [3.8, 4) is 5.75 Å². The number of rotatable bonds is 4. The van der Waals surface area contributed by atoms with Gasteiger partial charge in [-0.1, -0.05) is 24.8 Å². The molecule has 0 radical (unpaired) electrons. The van der Waals surface area contributed by atoms with Gasteiger partial charge in [-0.05, 0) is 18.2 Å². The van der Waals surface area contributed by atoms with E-state index in [1.165, 1.54) is 6.20 Å². The molecule has 0 bridgehead atoms. The third-order valence-corrected chi connectivity index (χ3v) is 3.37. The lowest BCUT2D eigenvalue weighted by Crippen LogP contribution is -2.40. The zero-order valence-electron chi connectivity index (χ0n) is 11.2. The monoisotopic (exact) mass is 282 g/mol. The Hall–Kier alpha value is -2.66. The number of aliphatic hydroxyl groups is 1. The summed E-state index contributed by atoms with van der Waals surface area (Å²) < 4.78 is 5.46. The fraction of sp³-hybridized carbons (Fsp3) is 0.125. The van der Waals surface area contributed by atoms with Crippen LogP contribution in [0.15, 0.2) is 55.4 Å². The number of nitrogens with zero attached hydrogens (tertiary/aromatic N) is 1. The van der Waals surface area contributed by atoms with Gasteiger partial charge in [0, 0.05) is 23.5 Å². The number of fused-ring (bicyclic) bond motifs is 1. The van der Waals surface area contributed by atoms with E-state index < -0.39 is 5.72 Å². The minimum Gasteiger partial charge on any atom is -0.490 e. The molecular weight excluding hydrogens is 268 g/mol. The first kappa shape index (κ1) is 13.3. The van der Waals surface area contributed by atoms with Crippen molar-refractivity contribution in [2.45, 2.75) is 5.72 Å². The molecule has 1 atom stereocenters. The van der Waals surface area contributed by atoms with Crippen LogP contribution in [0.1, 0.15) is 21.5 Å². The second-order valence-electron chi connectivity index (χ2n) is 4.71. The largest absolute Gasteiger partial charge is 0.490 e. The Morgan fingerprint density at radius 1 is 1.43 bits per heavy atom. The number of aromatic nitrogens is 1. The van der Waals surface area contributed by atoms with Crippen molar-refractivity contribution < 1.29 is 14.6 Å². The molecule has 1 aromatic heterocycles. The number of carbonyl (C=O) groups is 1. The second kappa shape index (κ2) is 5.03. The number of amides is 1. The maximum atomic E-state index is 12.0. The van der Waals surface area contributed by atoms with Gasteiger partial charge in [0.1, 0.15) is 12.4 Å². The Labute approximate surface area is 121 Å². The van der Waals surface area contributed by atoms with Gasteiger partial charge in [0.15, 0.2) is 5.72 Å². The lowest BCUT2D eigenvalue weighted by molar-refractivity contribution is 0.0474. The van der Waals surface area contributed by atoms with Crippen LogP contribution in [-0.2, 0) is 5.72 Å². The Kier molecular flexibility index (Phi) is 3.19. The van der Waals surface area contributed by atoms with E-state index in [0.29, 0.717) is 29.0 Å². The lowest BCUT2D eigenvalue weighted by Gasteiger charge is -2.24. The van der Waals surface area contributed by atoms with E-state index in [2.05, 4.69) is 16.9 Å². The summed E-state index contributed by atoms with van der Waals surface area (Å²) in [7, 11) is 0. The van der Waals surface area contributed by atoms with Crippen molar-refractivity contribution in [2.75, 3.05) is 6.61 Å². The van der Waals surface area contributed by atoms with E-state index in [1.807, 2.05) is 0 Å². The van der Waals surface area contributed by atoms with Crippen LogP contribution in [-0.4, -0.2) is 22.6 Å². The molecule has 106 valence electrons. The molecule has 0 saturated heterocycles. The minimum absolute atomic E-state index is 0.349. The zero-order chi connectivity index (χ0) is 14.9. The van der Waals surface area contributed by atoms with Crippen molar-refractivity contribution in [3.05, 3.63) is 72.1 Å². The van der Waals surface area contributed by atoms with Crippen LogP contribution in [0.5, 0.6) is 5.75 Å². The fourth-order valence-electron chi connectivity index (χ4n) is 2.38. The van der Waals surface area contributed by atoms with Crippen molar-refractivity contribution in [3.63, 3.8) is 0 Å². The van der Waals surface area contributed by atoms with E-state index in [0.717, 1.165) is 0 Å². The van der Waals surface area contributed by atoms with Gasteiger partial charge >= 0.3 is 0 Å². The second-order valence-corrected chi connectivity index (χ2v) is 4.71. The van der Waals surface area contributed by atoms with E-state index in [1.54, 1.807) is 42.6 Å². The third kappa shape index (κ3) is 2.17. The first-order valence-corrected chi connectivity index (χ1v) is 6.49. The highest BCUT2D eigenvalue weighted by atomic mass is 16.5. The van der Waals surface area contributed by atoms with E-state index >= 15 is 0 Å². The number of pyridine rings is 1. The van der Waals surface area contributed by atoms with Gasteiger partial charge < -0.3 is 15.2 Å². The Morgan fingerprint density at radius 3 is 3.10 bits per heavy atom. The molecule has 1 unspecified atom stereocenters. The molecule has 2 heterocycles. The predicted molar refractivity (Wildman–Crippen MR) is 76.8 cm³/mol. The Bertz CT molecular complexity index is 714. The first-order chi connectivity index (χ1) is 10.1. The van der Waals surface area contributed by atoms with Crippen molar-refractivity contribution in [1.82, 2.24) is 10.3 Å². The molecule has 0 saturated carbocycles. The first-order valence-electron chi connectivity index (χ1n) is 6.49. The number of ether oxygens (including phenoxy) is 1. The standard InChI is InChI=1S/C16H14N2O3/c1-2-8-21-12-5-3-4-11(9-12)16(20)14-6-7-17-10-13(14)15(19)18-16/h2-7,9-10,20H,1,8H2,(H,18,19). The normalized spacial score (nSPS) is 19.8. The fourth-order valence-corrected chi connectivity index (χ4v) is 2.38. The molecule has 2 N–H and O–H groups in total. The molecule has 1 aliphatic rings. The summed E-state index contributed by atoms with van der Waals surface area (Å²) in [5, 5.41) is 13.5. The van der Waals surface area contributed by atoms with Crippen molar-refractivity contribution >= 4 is 5.91 Å². The Balaban J connectivity index is 2.04. The molecule has 5 heteroatoms. The van der Waals surface area contributed by atoms with Gasteiger partial charge in [-0.2, -0.15) is 0 Å². The number of hydrogen-bond donors (Lipinski definition) is 2. The summed E-state index contributed by atoms with van der Waals surface area (Å²) in [6, 6.07) is 8.60. The molecule has 0 aliphatic carbocycles. The summed E-state index contributed by atoms with van der Waals surface area (Å²) in [4.78, 5) is 15.9. The molecule has 1 amide bonds. The van der Waals surface area contributed by atoms with Crippen LogP contribution in [0.4, 0.5) is 0 Å². The third-order valence-electron chi connectivity index (χ3n) is 3.37. The van der Waals surface area contributed by atoms with E-state index in [-0.39, 0.29) is 5.91 Å². The predicted octanol–water partition coefficient (Wildman–Crippen LogP) is 1.58. The topological polar surface area (TPSA) is 71.5 Å². The van der Waals surface area contributed by atoms with Gasteiger partial charge in [0.2, 0.25) is 0 Å². The van der Waals surface area contributed by atoms with Crippen LogP contribution < -0.4 is 10.1 Å². The van der Waals surface area contributed by atoms with E-state index in [4.69, 9.17) is 4.74 Å². The van der Waals surface area contributed by atoms with Crippen LogP contribution in [0.25, 0.3) is 0 Å². The van der Waals surface area contributed by atoms with Gasteiger partial charge in [0.05, 0.1) is 5.56 Å². The van der Waals surface area contributed by atoms with Crippen LogP contribution in [0.2, 0.25) is 0 Å². The van der Waals surface area contributed by atoms with E-state index in [9.17, 15) is 9.90 Å². The van der Waals surface area contributed by atoms with Crippen LogP contribution in [0.3, 0.4) is 0 Å². The highest BCUT2D eigenvalue weighted by Crippen LogP contribution is 2.35. The molecule has 5 nitrogen and oxygen atoms in total. The minimum atomic E-state index is -1.57. The SMILES string of the molecule is C=CCOc1cccc(C2(O)NC(=O)c3cnccc32)c1. The number of benzene rings is 1. The zero-order valence-corrected chi connectivity index (χ0v) is 11.2. The average molecular weight is 282 g/mol. The molecule has 21 heavy (non-hydrogen) atoms. The molecular formula is C16H14N2O3. The smallest absolute Gasteiger partial charge is 0.256 e. The molecule has 2 aromatic rings. The molecule has 3 rings (SSSR count). The molecule has 0 spiro atoms. The molecule has 1 aromatic carbocycles.